The highest BCUT2D eigenvalue weighted by Crippen LogP contribution is 2.62. The van der Waals surface area contributed by atoms with Gasteiger partial charge >= 0.3 is 7.60 Å². The fraction of sp³-hybridized carbons (Fsp3) is 0.217. The Kier molecular flexibility index (Phi) is 8.21. The lowest BCUT2D eigenvalue weighted by atomic mass is 10.2. The van der Waals surface area contributed by atoms with Crippen LogP contribution in [0.2, 0.25) is 0 Å². The maximum Gasteiger partial charge on any atom is 0.340 e. The third kappa shape index (κ3) is 7.68. The number of rotatable bonds is 11. The predicted octanol–water partition coefficient (Wildman–Crippen LogP) is 6.70. The van der Waals surface area contributed by atoms with Crippen LogP contribution in [0.25, 0.3) is 0 Å². The third-order valence-corrected chi connectivity index (χ3v) is 9.48. The lowest BCUT2D eigenvalue weighted by Crippen LogP contribution is -2.04. The normalized spacial score (nSPS) is 13.6. The molecule has 0 spiro atoms. The summed E-state index contributed by atoms with van der Waals surface area (Å²) in [6, 6.07) is 28.2. The average Bonchev–Trinajstić information content (AvgIpc) is 2.77. The van der Waals surface area contributed by atoms with Gasteiger partial charge in [0.2, 0.25) is 7.37 Å². The Hall–Kier alpha value is -2.00. The van der Waals surface area contributed by atoms with E-state index in [4.69, 9.17) is 13.6 Å². The summed E-state index contributed by atoms with van der Waals surface area (Å²) in [5.41, 5.74) is 2.61. The van der Waals surface area contributed by atoms with Gasteiger partial charge in [0.1, 0.15) is 5.90 Å². The van der Waals surface area contributed by atoms with Crippen molar-refractivity contribution < 1.29 is 22.7 Å². The largest absolute Gasteiger partial charge is 0.340 e. The Morgan fingerprint density at radius 2 is 0.900 bits per heavy atom. The quantitative estimate of drug-likeness (QED) is 0.308. The second-order valence-corrected chi connectivity index (χ2v) is 12.2. The van der Waals surface area contributed by atoms with Gasteiger partial charge in [-0.25, -0.2) is 0 Å². The molecule has 5 nitrogen and oxygen atoms in total. The van der Waals surface area contributed by atoms with Crippen LogP contribution in [-0.2, 0) is 42.5 Å². The number of hydrogen-bond acceptors (Lipinski definition) is 5. The molecule has 0 aromatic heterocycles. The zero-order chi connectivity index (χ0) is 21.3. The molecule has 1 atom stereocenters. The molecule has 0 aliphatic rings. The van der Waals surface area contributed by atoms with Gasteiger partial charge in [-0.2, -0.15) is 0 Å². The predicted molar refractivity (Wildman–Crippen MR) is 120 cm³/mol. The Morgan fingerprint density at radius 3 is 1.27 bits per heavy atom. The van der Waals surface area contributed by atoms with Crippen molar-refractivity contribution in [1.29, 1.82) is 0 Å². The van der Waals surface area contributed by atoms with E-state index in [1.807, 2.05) is 91.0 Å². The number of benzene rings is 3. The summed E-state index contributed by atoms with van der Waals surface area (Å²) < 4.78 is 43.6. The van der Waals surface area contributed by atoms with Crippen molar-refractivity contribution in [2.45, 2.75) is 19.8 Å². The van der Waals surface area contributed by atoms with E-state index in [0.717, 1.165) is 16.7 Å². The van der Waals surface area contributed by atoms with Crippen molar-refractivity contribution in [3.63, 3.8) is 0 Å². The zero-order valence-electron chi connectivity index (χ0n) is 16.9. The van der Waals surface area contributed by atoms with Gasteiger partial charge in [0.05, 0.1) is 19.8 Å². The molecule has 3 aromatic carbocycles. The molecular weight excluding hydrogens is 418 g/mol. The molecule has 0 bridgehead atoms. The lowest BCUT2D eigenvalue weighted by molar-refractivity contribution is 0.193. The smallest absolute Gasteiger partial charge is 0.323 e. The molecule has 30 heavy (non-hydrogen) atoms. The maximum atomic E-state index is 13.5. The van der Waals surface area contributed by atoms with Gasteiger partial charge in [-0.05, 0) is 16.7 Å². The van der Waals surface area contributed by atoms with E-state index < -0.39 is 15.0 Å². The molecule has 3 aromatic rings. The van der Waals surface area contributed by atoms with Crippen molar-refractivity contribution in [3.05, 3.63) is 108 Å². The zero-order valence-corrected chi connectivity index (χ0v) is 18.7. The Labute approximate surface area is 178 Å². The van der Waals surface area contributed by atoms with Gasteiger partial charge < -0.3 is 13.6 Å². The van der Waals surface area contributed by atoms with Crippen molar-refractivity contribution >= 4 is 15.0 Å². The molecule has 0 saturated heterocycles. The molecule has 0 aliphatic heterocycles. The third-order valence-electron chi connectivity index (χ3n) is 4.32. The Bertz CT molecular complexity index is 946. The molecule has 0 N–H and O–H groups in total. The molecule has 3 rings (SSSR count). The van der Waals surface area contributed by atoms with E-state index in [0.29, 0.717) is 0 Å². The first kappa shape index (κ1) is 22.7. The maximum absolute atomic E-state index is 13.5. The van der Waals surface area contributed by atoms with Crippen LogP contribution >= 0.6 is 15.0 Å². The standard InChI is InChI=1S/C23H26O5P2/c1-29(24,26-17-21-11-5-2-6-12-21)20-30(25,27-18-22-13-7-3-8-14-22)28-19-23-15-9-4-10-16-23/h2-16H,17-20H2,1H3. The average molecular weight is 444 g/mol. The molecule has 158 valence electrons. The minimum atomic E-state index is -3.68. The first-order valence-electron chi connectivity index (χ1n) is 9.65. The second kappa shape index (κ2) is 10.9. The first-order chi connectivity index (χ1) is 14.4. The van der Waals surface area contributed by atoms with Crippen molar-refractivity contribution in [3.8, 4) is 0 Å². The van der Waals surface area contributed by atoms with E-state index >= 15 is 0 Å². The summed E-state index contributed by atoms with van der Waals surface area (Å²) in [5, 5.41) is 0. The van der Waals surface area contributed by atoms with Gasteiger partial charge in [-0.1, -0.05) is 91.0 Å². The molecule has 0 heterocycles. The minimum Gasteiger partial charge on any atom is -0.323 e. The highest BCUT2D eigenvalue weighted by Gasteiger charge is 2.34. The lowest BCUT2D eigenvalue weighted by Gasteiger charge is -2.22. The summed E-state index contributed by atoms with van der Waals surface area (Å²) in [6.07, 6.45) is 0. The Morgan fingerprint density at radius 1 is 0.567 bits per heavy atom. The molecule has 0 radical (unpaired) electrons. The minimum absolute atomic E-state index is 0.103. The molecule has 0 amide bonds. The van der Waals surface area contributed by atoms with E-state index in [1.54, 1.807) is 0 Å². The monoisotopic (exact) mass is 444 g/mol. The van der Waals surface area contributed by atoms with E-state index in [9.17, 15) is 9.13 Å². The van der Waals surface area contributed by atoms with Gasteiger partial charge in [0.15, 0.2) is 0 Å². The molecule has 1 unspecified atom stereocenters. The number of hydrogen-bond donors (Lipinski definition) is 0. The van der Waals surface area contributed by atoms with Crippen LogP contribution in [0.1, 0.15) is 16.7 Å². The summed E-state index contributed by atoms with van der Waals surface area (Å²) in [6.45, 7) is 1.85. The van der Waals surface area contributed by atoms with Crippen LogP contribution < -0.4 is 0 Å². The highest BCUT2D eigenvalue weighted by atomic mass is 31.2. The van der Waals surface area contributed by atoms with E-state index in [2.05, 4.69) is 0 Å². The fourth-order valence-corrected chi connectivity index (χ4v) is 7.44. The van der Waals surface area contributed by atoms with Gasteiger partial charge in [-0.3, -0.25) is 9.13 Å². The molecule has 7 heteroatoms. The topological polar surface area (TPSA) is 61.8 Å². The van der Waals surface area contributed by atoms with Gasteiger partial charge in [0.25, 0.3) is 0 Å². The highest BCUT2D eigenvalue weighted by molar-refractivity contribution is 7.73. The van der Waals surface area contributed by atoms with Gasteiger partial charge in [0, 0.05) is 6.66 Å². The van der Waals surface area contributed by atoms with Crippen LogP contribution in [0.3, 0.4) is 0 Å². The van der Waals surface area contributed by atoms with Gasteiger partial charge in [-0.15, -0.1) is 0 Å². The molecule has 0 fully saturated rings. The first-order valence-corrected chi connectivity index (χ1v) is 13.6. The summed E-state index contributed by atoms with van der Waals surface area (Å²) in [5.74, 6) is -0.285. The molecule has 0 saturated carbocycles. The summed E-state index contributed by atoms with van der Waals surface area (Å²) >= 11 is 0. The van der Waals surface area contributed by atoms with Crippen LogP contribution in [0.4, 0.5) is 0 Å². The summed E-state index contributed by atoms with van der Waals surface area (Å²) in [7, 11) is -6.92. The van der Waals surface area contributed by atoms with E-state index in [-0.39, 0.29) is 25.7 Å². The van der Waals surface area contributed by atoms with Crippen LogP contribution in [0.5, 0.6) is 0 Å². The van der Waals surface area contributed by atoms with Crippen molar-refractivity contribution in [2.75, 3.05) is 12.6 Å². The SMILES string of the molecule is CP(=O)(CP(=O)(OCc1ccccc1)OCc1ccccc1)OCc1ccccc1. The molecule has 0 aliphatic carbocycles. The Balaban J connectivity index is 1.68. The van der Waals surface area contributed by atoms with Crippen LogP contribution in [0.15, 0.2) is 91.0 Å². The molecular formula is C23H26O5P2. The van der Waals surface area contributed by atoms with Crippen molar-refractivity contribution in [1.82, 2.24) is 0 Å². The summed E-state index contributed by atoms with van der Waals surface area (Å²) in [4.78, 5) is 0. The fourth-order valence-electron chi connectivity index (χ4n) is 2.75. The van der Waals surface area contributed by atoms with Crippen LogP contribution in [-0.4, -0.2) is 12.6 Å². The van der Waals surface area contributed by atoms with Crippen molar-refractivity contribution in [2.24, 2.45) is 0 Å². The van der Waals surface area contributed by atoms with Crippen LogP contribution in [0, 0.1) is 0 Å². The second-order valence-electron chi connectivity index (χ2n) is 7.04. The van der Waals surface area contributed by atoms with E-state index in [1.165, 1.54) is 6.66 Å².